The minimum Gasteiger partial charge on any atom is -0.481 e. The number of hydrogen-bond donors (Lipinski definition) is 2. The van der Waals surface area contributed by atoms with Crippen molar-refractivity contribution in [2.75, 3.05) is 6.61 Å². The molecule has 0 saturated heterocycles. The van der Waals surface area contributed by atoms with E-state index in [0.717, 1.165) is 19.3 Å². The Hall–Kier alpha value is -1.10. The van der Waals surface area contributed by atoms with Crippen LogP contribution in [0.15, 0.2) is 0 Å². The molecule has 2 aliphatic rings. The largest absolute Gasteiger partial charge is 0.481 e. The lowest BCUT2D eigenvalue weighted by Crippen LogP contribution is -2.36. The van der Waals surface area contributed by atoms with Gasteiger partial charge in [-0.15, -0.1) is 0 Å². The van der Waals surface area contributed by atoms with Gasteiger partial charge in [-0.2, -0.15) is 0 Å². The topological polar surface area (TPSA) is 75.6 Å². The summed E-state index contributed by atoms with van der Waals surface area (Å²) >= 11 is 0. The zero-order valence-electron chi connectivity index (χ0n) is 10.6. The molecule has 2 atom stereocenters. The summed E-state index contributed by atoms with van der Waals surface area (Å²) in [7, 11) is 0. The Kier molecular flexibility index (Phi) is 4.58. The monoisotopic (exact) mass is 255 g/mol. The Morgan fingerprint density at radius 1 is 1.17 bits per heavy atom. The number of carboxylic acid groups (broad SMARTS) is 1. The minimum atomic E-state index is -0.756. The Morgan fingerprint density at radius 3 is 2.50 bits per heavy atom. The molecule has 0 spiro atoms. The van der Waals surface area contributed by atoms with Gasteiger partial charge in [0.25, 0.3) is 0 Å². The molecule has 2 aliphatic carbocycles. The number of carbonyl (C=O) groups is 2. The molecule has 0 aromatic carbocycles. The van der Waals surface area contributed by atoms with Crippen molar-refractivity contribution in [1.29, 1.82) is 0 Å². The van der Waals surface area contributed by atoms with Gasteiger partial charge >= 0.3 is 5.97 Å². The van der Waals surface area contributed by atoms with Crippen molar-refractivity contribution in [2.24, 2.45) is 5.92 Å². The fourth-order valence-electron chi connectivity index (χ4n) is 2.85. The van der Waals surface area contributed by atoms with Crippen LogP contribution < -0.4 is 5.32 Å². The molecule has 2 N–H and O–H groups in total. The zero-order valence-corrected chi connectivity index (χ0v) is 10.6. The highest BCUT2D eigenvalue weighted by molar-refractivity contribution is 5.78. The van der Waals surface area contributed by atoms with Gasteiger partial charge < -0.3 is 15.2 Å². The summed E-state index contributed by atoms with van der Waals surface area (Å²) in [5.74, 6) is -1.17. The molecule has 5 heteroatoms. The Bertz CT molecular complexity index is 312. The maximum absolute atomic E-state index is 11.6. The summed E-state index contributed by atoms with van der Waals surface area (Å²) in [6, 6.07) is 0.00535. The van der Waals surface area contributed by atoms with Crippen molar-refractivity contribution in [3.8, 4) is 0 Å². The van der Waals surface area contributed by atoms with E-state index < -0.39 is 5.97 Å². The van der Waals surface area contributed by atoms with Gasteiger partial charge in [0.1, 0.15) is 6.61 Å². The van der Waals surface area contributed by atoms with Gasteiger partial charge in [-0.25, -0.2) is 0 Å². The fraction of sp³-hybridized carbons (Fsp3) is 0.846. The number of carbonyl (C=O) groups excluding carboxylic acids is 1. The molecule has 0 radical (unpaired) electrons. The van der Waals surface area contributed by atoms with E-state index in [1.807, 2.05) is 0 Å². The van der Waals surface area contributed by atoms with Gasteiger partial charge in [0.2, 0.25) is 5.91 Å². The Morgan fingerprint density at radius 2 is 1.89 bits per heavy atom. The van der Waals surface area contributed by atoms with E-state index >= 15 is 0 Å². The Labute approximate surface area is 107 Å². The SMILES string of the molecule is O=C(COC1CCCC1)N[C@H]1CC[C@@H](C(=O)O)C1. The van der Waals surface area contributed by atoms with E-state index in [2.05, 4.69) is 5.32 Å². The van der Waals surface area contributed by atoms with Gasteiger partial charge in [-0.3, -0.25) is 9.59 Å². The van der Waals surface area contributed by atoms with E-state index in [0.29, 0.717) is 12.8 Å². The first-order chi connectivity index (χ1) is 8.65. The van der Waals surface area contributed by atoms with Gasteiger partial charge in [-0.05, 0) is 32.1 Å². The molecular formula is C13H21NO4. The van der Waals surface area contributed by atoms with Gasteiger partial charge in [0.05, 0.1) is 12.0 Å². The molecule has 0 unspecified atom stereocenters. The van der Waals surface area contributed by atoms with Crippen molar-refractivity contribution in [1.82, 2.24) is 5.32 Å². The summed E-state index contributed by atoms with van der Waals surface area (Å²) in [6.45, 7) is 0.110. The van der Waals surface area contributed by atoms with Crippen LogP contribution in [-0.4, -0.2) is 35.7 Å². The molecule has 5 nitrogen and oxygen atoms in total. The van der Waals surface area contributed by atoms with Crippen LogP contribution in [0.2, 0.25) is 0 Å². The first-order valence-corrected chi connectivity index (χ1v) is 6.79. The third kappa shape index (κ3) is 3.70. The van der Waals surface area contributed by atoms with Crippen LogP contribution in [0.25, 0.3) is 0 Å². The number of hydrogen-bond acceptors (Lipinski definition) is 3. The maximum atomic E-state index is 11.6. The number of carboxylic acids is 1. The van der Waals surface area contributed by atoms with Crippen molar-refractivity contribution in [2.45, 2.75) is 57.1 Å². The molecule has 2 rings (SSSR count). The van der Waals surface area contributed by atoms with Crippen LogP contribution in [-0.2, 0) is 14.3 Å². The molecule has 0 aromatic heterocycles. The summed E-state index contributed by atoms with van der Waals surface area (Å²) in [4.78, 5) is 22.4. The number of aliphatic carboxylic acids is 1. The van der Waals surface area contributed by atoms with Gasteiger partial charge in [-0.1, -0.05) is 12.8 Å². The average molecular weight is 255 g/mol. The standard InChI is InChI=1S/C13H21NO4/c15-12(8-18-11-3-1-2-4-11)14-10-6-5-9(7-10)13(16)17/h9-11H,1-8H2,(H,14,15)(H,16,17)/t9-,10+/m1/s1. The third-order valence-electron chi connectivity index (χ3n) is 3.90. The lowest BCUT2D eigenvalue weighted by atomic mass is 10.1. The zero-order chi connectivity index (χ0) is 13.0. The summed E-state index contributed by atoms with van der Waals surface area (Å²) in [5.41, 5.74) is 0. The second-order valence-electron chi connectivity index (χ2n) is 5.33. The second-order valence-corrected chi connectivity index (χ2v) is 5.33. The first-order valence-electron chi connectivity index (χ1n) is 6.79. The van der Waals surface area contributed by atoms with E-state index in [9.17, 15) is 9.59 Å². The summed E-state index contributed by atoms with van der Waals surface area (Å²) < 4.78 is 5.52. The predicted molar refractivity (Wildman–Crippen MR) is 65.1 cm³/mol. The molecule has 2 saturated carbocycles. The maximum Gasteiger partial charge on any atom is 0.306 e. The van der Waals surface area contributed by atoms with Gasteiger partial charge in [0.15, 0.2) is 0 Å². The lowest BCUT2D eigenvalue weighted by Gasteiger charge is -2.14. The number of amides is 1. The van der Waals surface area contributed by atoms with Crippen LogP contribution in [0.5, 0.6) is 0 Å². The smallest absolute Gasteiger partial charge is 0.306 e. The molecular weight excluding hydrogens is 234 g/mol. The second kappa shape index (κ2) is 6.18. The van der Waals surface area contributed by atoms with E-state index in [4.69, 9.17) is 9.84 Å². The molecule has 1 amide bonds. The van der Waals surface area contributed by atoms with Crippen LogP contribution >= 0.6 is 0 Å². The predicted octanol–water partition coefficient (Wildman–Crippen LogP) is 1.32. The molecule has 0 aromatic rings. The summed E-state index contributed by atoms with van der Waals surface area (Å²) in [5, 5.41) is 11.7. The van der Waals surface area contributed by atoms with Crippen LogP contribution in [0.1, 0.15) is 44.9 Å². The lowest BCUT2D eigenvalue weighted by molar-refractivity contribution is -0.141. The number of nitrogens with one attached hydrogen (secondary N) is 1. The highest BCUT2D eigenvalue weighted by Gasteiger charge is 2.30. The average Bonchev–Trinajstić information content (AvgIpc) is 2.96. The molecule has 2 fully saturated rings. The normalized spacial score (nSPS) is 28.4. The van der Waals surface area contributed by atoms with Crippen molar-refractivity contribution >= 4 is 11.9 Å². The van der Waals surface area contributed by atoms with E-state index in [-0.39, 0.29) is 30.6 Å². The third-order valence-corrected chi connectivity index (χ3v) is 3.90. The number of rotatable bonds is 5. The van der Waals surface area contributed by atoms with Gasteiger partial charge in [0, 0.05) is 6.04 Å². The summed E-state index contributed by atoms with van der Waals surface area (Å²) in [6.07, 6.45) is 6.69. The quantitative estimate of drug-likeness (QED) is 0.776. The van der Waals surface area contributed by atoms with Crippen LogP contribution in [0.3, 0.4) is 0 Å². The van der Waals surface area contributed by atoms with Crippen molar-refractivity contribution in [3.05, 3.63) is 0 Å². The van der Waals surface area contributed by atoms with Crippen molar-refractivity contribution < 1.29 is 19.4 Å². The van der Waals surface area contributed by atoms with Crippen LogP contribution in [0.4, 0.5) is 0 Å². The molecule has 0 bridgehead atoms. The van der Waals surface area contributed by atoms with E-state index in [1.54, 1.807) is 0 Å². The molecule has 0 heterocycles. The highest BCUT2D eigenvalue weighted by atomic mass is 16.5. The highest BCUT2D eigenvalue weighted by Crippen LogP contribution is 2.25. The van der Waals surface area contributed by atoms with Crippen molar-refractivity contribution in [3.63, 3.8) is 0 Å². The number of ether oxygens (including phenoxy) is 1. The van der Waals surface area contributed by atoms with E-state index in [1.165, 1.54) is 12.8 Å². The molecule has 18 heavy (non-hydrogen) atoms. The molecule has 0 aliphatic heterocycles. The fourth-order valence-corrected chi connectivity index (χ4v) is 2.85. The molecule has 102 valence electrons. The Balaban J connectivity index is 1.63. The van der Waals surface area contributed by atoms with Crippen LogP contribution in [0, 0.1) is 5.92 Å². The first kappa shape index (κ1) is 13.3. The minimum absolute atomic E-state index is 0.00535.